The van der Waals surface area contributed by atoms with E-state index < -0.39 is 18.5 Å². The lowest BCUT2D eigenvalue weighted by Crippen LogP contribution is -2.42. The Morgan fingerprint density at radius 3 is 2.77 bits per heavy atom. The van der Waals surface area contributed by atoms with Gasteiger partial charge >= 0.3 is 6.18 Å². The fraction of sp³-hybridized carbons (Fsp3) is 0.786. The van der Waals surface area contributed by atoms with Gasteiger partial charge in [-0.05, 0) is 31.6 Å². The number of aromatic nitrogens is 2. The molecule has 1 saturated heterocycles. The molecule has 1 aromatic heterocycles. The second-order valence-electron chi connectivity index (χ2n) is 6.16. The molecule has 122 valence electrons. The molecule has 8 heteroatoms. The Labute approximate surface area is 125 Å². The molecule has 0 radical (unpaired) electrons. The van der Waals surface area contributed by atoms with Crippen LogP contribution in [0.5, 0.6) is 0 Å². The molecule has 5 nitrogen and oxygen atoms in total. The van der Waals surface area contributed by atoms with E-state index in [0.29, 0.717) is 37.7 Å². The van der Waals surface area contributed by atoms with Crippen molar-refractivity contribution in [2.75, 3.05) is 13.1 Å². The van der Waals surface area contributed by atoms with Gasteiger partial charge in [-0.25, -0.2) is 0 Å². The van der Waals surface area contributed by atoms with E-state index in [9.17, 15) is 18.0 Å². The van der Waals surface area contributed by atoms with Crippen LogP contribution in [-0.4, -0.2) is 40.2 Å². The SMILES string of the molecule is O=C(CC(F)(F)F)N1CCCC(Cc2nc(C3CC3)no2)C1. The molecule has 2 aliphatic rings. The summed E-state index contributed by atoms with van der Waals surface area (Å²) in [6.07, 6.45) is -1.57. The molecule has 22 heavy (non-hydrogen) atoms. The predicted octanol–water partition coefficient (Wildman–Crippen LogP) is 2.68. The number of carbonyl (C=O) groups excluding carboxylic acids is 1. The van der Waals surface area contributed by atoms with Gasteiger partial charge < -0.3 is 9.42 Å². The molecule has 2 fully saturated rings. The highest BCUT2D eigenvalue weighted by molar-refractivity contribution is 5.76. The lowest BCUT2D eigenvalue weighted by molar-refractivity contribution is -0.162. The van der Waals surface area contributed by atoms with Crippen molar-refractivity contribution in [3.05, 3.63) is 11.7 Å². The summed E-state index contributed by atoms with van der Waals surface area (Å²) in [7, 11) is 0. The highest BCUT2D eigenvalue weighted by atomic mass is 19.4. The fourth-order valence-corrected chi connectivity index (χ4v) is 2.85. The summed E-state index contributed by atoms with van der Waals surface area (Å²) in [5.41, 5.74) is 0. The normalized spacial score (nSPS) is 22.9. The van der Waals surface area contributed by atoms with Gasteiger partial charge in [0.05, 0.1) is 0 Å². The lowest BCUT2D eigenvalue weighted by atomic mass is 9.94. The number of carbonyl (C=O) groups is 1. The van der Waals surface area contributed by atoms with Crippen LogP contribution in [-0.2, 0) is 11.2 Å². The average Bonchev–Trinajstić information content (AvgIpc) is 3.18. The molecule has 3 rings (SSSR count). The Bertz CT molecular complexity index is 540. The smallest absolute Gasteiger partial charge is 0.342 e. The van der Waals surface area contributed by atoms with Gasteiger partial charge in [-0.1, -0.05) is 5.16 Å². The van der Waals surface area contributed by atoms with Crippen molar-refractivity contribution < 1.29 is 22.5 Å². The van der Waals surface area contributed by atoms with E-state index in [2.05, 4.69) is 10.1 Å². The van der Waals surface area contributed by atoms with Crippen molar-refractivity contribution in [3.63, 3.8) is 0 Å². The number of hydrogen-bond acceptors (Lipinski definition) is 4. The van der Waals surface area contributed by atoms with E-state index in [1.165, 1.54) is 4.90 Å². The third kappa shape index (κ3) is 3.98. The van der Waals surface area contributed by atoms with Crippen LogP contribution in [0, 0.1) is 5.92 Å². The Hall–Kier alpha value is -1.60. The number of alkyl halides is 3. The van der Waals surface area contributed by atoms with E-state index >= 15 is 0 Å². The van der Waals surface area contributed by atoms with Crippen LogP contribution in [0.3, 0.4) is 0 Å². The average molecular weight is 317 g/mol. The minimum Gasteiger partial charge on any atom is -0.342 e. The van der Waals surface area contributed by atoms with Crippen molar-refractivity contribution in [2.24, 2.45) is 5.92 Å². The first-order valence-corrected chi connectivity index (χ1v) is 7.58. The topological polar surface area (TPSA) is 59.2 Å². The Morgan fingerprint density at radius 2 is 2.09 bits per heavy atom. The van der Waals surface area contributed by atoms with Crippen molar-refractivity contribution in [2.45, 2.75) is 50.6 Å². The first-order chi connectivity index (χ1) is 10.4. The molecule has 0 N–H and O–H groups in total. The first-order valence-electron chi connectivity index (χ1n) is 7.58. The third-order valence-corrected chi connectivity index (χ3v) is 4.11. The van der Waals surface area contributed by atoms with Gasteiger partial charge in [0.25, 0.3) is 0 Å². The standard InChI is InChI=1S/C14H18F3N3O2/c15-14(16,17)7-12(21)20-5-1-2-9(8-20)6-11-18-13(19-22-11)10-3-4-10/h9-10H,1-8H2. The van der Waals surface area contributed by atoms with Crippen molar-refractivity contribution in [3.8, 4) is 0 Å². The quantitative estimate of drug-likeness (QED) is 0.856. The number of piperidine rings is 1. The van der Waals surface area contributed by atoms with Crippen LogP contribution >= 0.6 is 0 Å². The maximum atomic E-state index is 12.3. The lowest BCUT2D eigenvalue weighted by Gasteiger charge is -2.32. The van der Waals surface area contributed by atoms with Gasteiger partial charge in [-0.3, -0.25) is 4.79 Å². The van der Waals surface area contributed by atoms with Gasteiger partial charge in [0.1, 0.15) is 6.42 Å². The van der Waals surface area contributed by atoms with Crippen LogP contribution in [0.2, 0.25) is 0 Å². The van der Waals surface area contributed by atoms with Crippen molar-refractivity contribution in [1.82, 2.24) is 15.0 Å². The van der Waals surface area contributed by atoms with Crippen LogP contribution < -0.4 is 0 Å². The summed E-state index contributed by atoms with van der Waals surface area (Å²) < 4.78 is 42.1. The van der Waals surface area contributed by atoms with Crippen LogP contribution in [0.1, 0.15) is 49.7 Å². The summed E-state index contributed by atoms with van der Waals surface area (Å²) >= 11 is 0. The van der Waals surface area contributed by atoms with Crippen LogP contribution in [0.4, 0.5) is 13.2 Å². The summed E-state index contributed by atoms with van der Waals surface area (Å²) in [6, 6.07) is 0. The molecule has 0 bridgehead atoms. The second kappa shape index (κ2) is 5.89. The molecule has 2 heterocycles. The second-order valence-corrected chi connectivity index (χ2v) is 6.16. The van der Waals surface area contributed by atoms with Crippen molar-refractivity contribution >= 4 is 5.91 Å². The first kappa shape index (κ1) is 15.3. The third-order valence-electron chi connectivity index (χ3n) is 4.11. The number of likely N-dealkylation sites (tertiary alicyclic amines) is 1. The molecule has 1 atom stereocenters. The minimum absolute atomic E-state index is 0.0819. The largest absolute Gasteiger partial charge is 0.397 e. The van der Waals surface area contributed by atoms with E-state index in [-0.39, 0.29) is 5.92 Å². The summed E-state index contributed by atoms with van der Waals surface area (Å²) in [4.78, 5) is 17.3. The maximum absolute atomic E-state index is 12.3. The fourth-order valence-electron chi connectivity index (χ4n) is 2.85. The monoisotopic (exact) mass is 317 g/mol. The number of amides is 1. The molecule has 0 spiro atoms. The molecule has 1 amide bonds. The minimum atomic E-state index is -4.45. The molecule has 1 aliphatic heterocycles. The number of rotatable bonds is 4. The van der Waals surface area contributed by atoms with Gasteiger partial charge in [0.15, 0.2) is 5.82 Å². The van der Waals surface area contributed by atoms with Crippen molar-refractivity contribution in [1.29, 1.82) is 0 Å². The molecular formula is C14H18F3N3O2. The van der Waals surface area contributed by atoms with Crippen LogP contribution in [0.15, 0.2) is 4.52 Å². The summed E-state index contributed by atoms with van der Waals surface area (Å²) in [6.45, 7) is 0.721. The zero-order chi connectivity index (χ0) is 15.7. The molecule has 1 saturated carbocycles. The predicted molar refractivity (Wildman–Crippen MR) is 70.0 cm³/mol. The number of halogens is 3. The Morgan fingerprint density at radius 1 is 1.32 bits per heavy atom. The summed E-state index contributed by atoms with van der Waals surface area (Å²) in [5.74, 6) is 0.904. The van der Waals surface area contributed by atoms with Gasteiger partial charge in [0, 0.05) is 25.4 Å². The Kier molecular flexibility index (Phi) is 4.10. The van der Waals surface area contributed by atoms with E-state index in [1.807, 2.05) is 0 Å². The molecular weight excluding hydrogens is 299 g/mol. The maximum Gasteiger partial charge on any atom is 0.397 e. The van der Waals surface area contributed by atoms with E-state index in [4.69, 9.17) is 4.52 Å². The highest BCUT2D eigenvalue weighted by Crippen LogP contribution is 2.38. The molecule has 1 unspecified atom stereocenters. The number of nitrogens with zero attached hydrogens (tertiary/aromatic N) is 3. The van der Waals surface area contributed by atoms with E-state index in [1.54, 1.807) is 0 Å². The molecule has 1 aromatic rings. The number of hydrogen-bond donors (Lipinski definition) is 0. The molecule has 0 aromatic carbocycles. The van der Waals surface area contributed by atoms with Gasteiger partial charge in [0.2, 0.25) is 11.8 Å². The Balaban J connectivity index is 1.54. The van der Waals surface area contributed by atoms with E-state index in [0.717, 1.165) is 25.1 Å². The highest BCUT2D eigenvalue weighted by Gasteiger charge is 2.35. The van der Waals surface area contributed by atoms with Crippen LogP contribution in [0.25, 0.3) is 0 Å². The van der Waals surface area contributed by atoms with Gasteiger partial charge in [-0.15, -0.1) is 0 Å². The summed E-state index contributed by atoms with van der Waals surface area (Å²) in [5, 5.41) is 3.93. The molecule has 1 aliphatic carbocycles. The van der Waals surface area contributed by atoms with Gasteiger partial charge in [-0.2, -0.15) is 18.2 Å². The zero-order valence-electron chi connectivity index (χ0n) is 12.1. The zero-order valence-corrected chi connectivity index (χ0v) is 12.1.